The zero-order valence-electron chi connectivity index (χ0n) is 10.7. The normalized spacial score (nSPS) is 14.1. The number of aldehydes is 1. The monoisotopic (exact) mass is 244 g/mol. The number of carbonyl (C=O) groups is 2. The van der Waals surface area contributed by atoms with E-state index < -0.39 is 0 Å². The summed E-state index contributed by atoms with van der Waals surface area (Å²) in [7, 11) is 1.63. The summed E-state index contributed by atoms with van der Waals surface area (Å²) >= 11 is 0. The van der Waals surface area contributed by atoms with Crippen molar-refractivity contribution in [2.45, 2.75) is 26.2 Å². The molecule has 1 aromatic rings. The molecule has 0 unspecified atom stereocenters. The molecule has 2 rings (SSSR count). The van der Waals surface area contributed by atoms with Gasteiger partial charge in [0.2, 0.25) is 0 Å². The van der Waals surface area contributed by atoms with Crippen molar-refractivity contribution in [1.82, 2.24) is 0 Å². The van der Waals surface area contributed by atoms with Crippen LogP contribution in [0.25, 0.3) is 5.57 Å². The van der Waals surface area contributed by atoms with Crippen LogP contribution >= 0.6 is 0 Å². The summed E-state index contributed by atoms with van der Waals surface area (Å²) in [5, 5.41) is 0. The Morgan fingerprint density at radius 3 is 2.78 bits per heavy atom. The minimum atomic E-state index is 0.0769. The second kappa shape index (κ2) is 5.17. The fourth-order valence-corrected chi connectivity index (χ4v) is 2.38. The highest BCUT2D eigenvalue weighted by Crippen LogP contribution is 2.34. The summed E-state index contributed by atoms with van der Waals surface area (Å²) in [6, 6.07) is 5.79. The van der Waals surface area contributed by atoms with Crippen LogP contribution in [-0.2, 0) is 16.0 Å². The van der Waals surface area contributed by atoms with Crippen LogP contribution in [0, 0.1) is 0 Å². The zero-order valence-corrected chi connectivity index (χ0v) is 10.7. The van der Waals surface area contributed by atoms with Gasteiger partial charge in [0.25, 0.3) is 0 Å². The third-order valence-corrected chi connectivity index (χ3v) is 3.26. The third kappa shape index (κ3) is 2.35. The van der Waals surface area contributed by atoms with Crippen LogP contribution in [0.15, 0.2) is 23.8 Å². The van der Waals surface area contributed by atoms with Crippen LogP contribution in [0.2, 0.25) is 0 Å². The van der Waals surface area contributed by atoms with E-state index in [1.54, 1.807) is 14.0 Å². The minimum Gasteiger partial charge on any atom is -0.497 e. The SMILES string of the molecule is COc1ccc2c(c1)CCC(C=O)=C2CC(C)=O. The third-order valence-electron chi connectivity index (χ3n) is 3.26. The first kappa shape index (κ1) is 12.6. The van der Waals surface area contributed by atoms with Gasteiger partial charge in [-0.3, -0.25) is 9.59 Å². The van der Waals surface area contributed by atoms with Gasteiger partial charge in [-0.2, -0.15) is 0 Å². The molecule has 0 atom stereocenters. The molecule has 0 amide bonds. The first-order valence-electron chi connectivity index (χ1n) is 5.99. The molecule has 0 saturated carbocycles. The van der Waals surface area contributed by atoms with E-state index in [1.165, 1.54) is 0 Å². The van der Waals surface area contributed by atoms with Crippen LogP contribution in [-0.4, -0.2) is 19.2 Å². The van der Waals surface area contributed by atoms with Crippen LogP contribution in [0.3, 0.4) is 0 Å². The number of benzene rings is 1. The number of hydrogen-bond donors (Lipinski definition) is 0. The molecule has 0 spiro atoms. The number of rotatable bonds is 4. The molecule has 0 saturated heterocycles. The standard InChI is InChI=1S/C15H16O3/c1-10(17)7-15-12(9-16)4-3-11-8-13(18-2)5-6-14(11)15/h5-6,8-9H,3-4,7H2,1-2H3. The maximum Gasteiger partial charge on any atom is 0.146 e. The Morgan fingerprint density at radius 2 is 2.17 bits per heavy atom. The lowest BCUT2D eigenvalue weighted by molar-refractivity contribution is -0.116. The molecule has 0 N–H and O–H groups in total. The lowest BCUT2D eigenvalue weighted by Gasteiger charge is -2.21. The number of fused-ring (bicyclic) bond motifs is 1. The Labute approximate surface area is 106 Å². The van der Waals surface area contributed by atoms with Crippen LogP contribution in [0.4, 0.5) is 0 Å². The molecule has 1 aromatic carbocycles. The summed E-state index contributed by atoms with van der Waals surface area (Å²) in [4.78, 5) is 22.4. The second-order valence-electron chi connectivity index (χ2n) is 4.52. The van der Waals surface area contributed by atoms with Gasteiger partial charge in [-0.15, -0.1) is 0 Å². The van der Waals surface area contributed by atoms with E-state index in [2.05, 4.69) is 0 Å². The fourth-order valence-electron chi connectivity index (χ4n) is 2.38. The number of hydrogen-bond acceptors (Lipinski definition) is 3. The first-order chi connectivity index (χ1) is 8.65. The zero-order chi connectivity index (χ0) is 13.1. The molecule has 0 fully saturated rings. The number of ketones is 1. The van der Waals surface area contributed by atoms with Crippen molar-refractivity contribution in [1.29, 1.82) is 0 Å². The van der Waals surface area contributed by atoms with Crippen LogP contribution < -0.4 is 4.74 Å². The number of allylic oxidation sites excluding steroid dienone is 2. The quantitative estimate of drug-likeness (QED) is 0.764. The predicted octanol–water partition coefficient (Wildman–Crippen LogP) is 2.57. The van der Waals surface area contributed by atoms with E-state index in [9.17, 15) is 9.59 Å². The second-order valence-corrected chi connectivity index (χ2v) is 4.52. The van der Waals surface area contributed by atoms with Crippen molar-refractivity contribution >= 4 is 17.6 Å². The van der Waals surface area contributed by atoms with Crippen molar-refractivity contribution in [3.05, 3.63) is 34.9 Å². The van der Waals surface area contributed by atoms with E-state index in [0.717, 1.165) is 40.7 Å². The Kier molecular flexibility index (Phi) is 3.60. The summed E-state index contributed by atoms with van der Waals surface area (Å²) in [5.41, 5.74) is 3.79. The summed E-state index contributed by atoms with van der Waals surface area (Å²) < 4.78 is 5.20. The first-order valence-corrected chi connectivity index (χ1v) is 5.99. The Bertz CT molecular complexity index is 527. The highest BCUT2D eigenvalue weighted by Gasteiger charge is 2.20. The van der Waals surface area contributed by atoms with Crippen LogP contribution in [0.1, 0.15) is 30.9 Å². The summed E-state index contributed by atoms with van der Waals surface area (Å²) in [5.74, 6) is 0.887. The van der Waals surface area contributed by atoms with Gasteiger partial charge in [0.15, 0.2) is 0 Å². The van der Waals surface area contributed by atoms with Gasteiger partial charge in [-0.1, -0.05) is 6.07 Å². The van der Waals surface area contributed by atoms with Crippen molar-refractivity contribution in [3.63, 3.8) is 0 Å². The van der Waals surface area contributed by atoms with Gasteiger partial charge >= 0.3 is 0 Å². The Balaban J connectivity index is 2.50. The van der Waals surface area contributed by atoms with Gasteiger partial charge in [-0.25, -0.2) is 0 Å². The van der Waals surface area contributed by atoms with Gasteiger partial charge in [0.05, 0.1) is 7.11 Å². The maximum atomic E-state index is 11.3. The molecule has 0 aliphatic heterocycles. The molecule has 1 aliphatic rings. The molecule has 0 heterocycles. The van der Waals surface area contributed by atoms with Crippen molar-refractivity contribution in [3.8, 4) is 5.75 Å². The van der Waals surface area contributed by atoms with E-state index >= 15 is 0 Å². The fraction of sp³-hybridized carbons (Fsp3) is 0.333. The summed E-state index contributed by atoms with van der Waals surface area (Å²) in [6.45, 7) is 1.55. The lowest BCUT2D eigenvalue weighted by Crippen LogP contribution is -2.08. The van der Waals surface area contributed by atoms with E-state index in [-0.39, 0.29) is 5.78 Å². The smallest absolute Gasteiger partial charge is 0.146 e. The minimum absolute atomic E-state index is 0.0769. The molecule has 18 heavy (non-hydrogen) atoms. The maximum absolute atomic E-state index is 11.3. The highest BCUT2D eigenvalue weighted by molar-refractivity contribution is 5.97. The average molecular weight is 244 g/mol. The number of Topliss-reactive ketones (excluding diaryl/α,β-unsaturated/α-hetero) is 1. The topological polar surface area (TPSA) is 43.4 Å². The molecule has 0 radical (unpaired) electrons. The molecule has 0 bridgehead atoms. The van der Waals surface area contributed by atoms with Gasteiger partial charge in [0, 0.05) is 6.42 Å². The predicted molar refractivity (Wildman–Crippen MR) is 69.6 cm³/mol. The molecular weight excluding hydrogens is 228 g/mol. The highest BCUT2D eigenvalue weighted by atomic mass is 16.5. The molecule has 94 valence electrons. The number of aryl methyl sites for hydroxylation is 1. The van der Waals surface area contributed by atoms with E-state index in [4.69, 9.17) is 4.74 Å². The van der Waals surface area contributed by atoms with Gasteiger partial charge < -0.3 is 4.74 Å². The van der Waals surface area contributed by atoms with E-state index in [0.29, 0.717) is 12.8 Å². The number of ether oxygens (including phenoxy) is 1. The van der Waals surface area contributed by atoms with Crippen molar-refractivity contribution < 1.29 is 14.3 Å². The van der Waals surface area contributed by atoms with Crippen molar-refractivity contribution in [2.24, 2.45) is 0 Å². The molecule has 3 nitrogen and oxygen atoms in total. The number of carbonyl (C=O) groups excluding carboxylic acids is 2. The molecule has 3 heteroatoms. The van der Waals surface area contributed by atoms with Gasteiger partial charge in [-0.05, 0) is 54.2 Å². The number of methoxy groups -OCH3 is 1. The average Bonchev–Trinajstić information content (AvgIpc) is 2.37. The van der Waals surface area contributed by atoms with Crippen molar-refractivity contribution in [2.75, 3.05) is 7.11 Å². The van der Waals surface area contributed by atoms with Gasteiger partial charge in [0.1, 0.15) is 17.8 Å². The Morgan fingerprint density at radius 1 is 1.39 bits per heavy atom. The molecular formula is C15H16O3. The largest absolute Gasteiger partial charge is 0.497 e. The molecule has 1 aliphatic carbocycles. The summed E-state index contributed by atoms with van der Waals surface area (Å²) in [6.07, 6.45) is 2.73. The Hall–Kier alpha value is -1.90. The van der Waals surface area contributed by atoms with E-state index in [1.807, 2.05) is 18.2 Å². The molecule has 0 aromatic heterocycles. The lowest BCUT2D eigenvalue weighted by atomic mass is 9.84. The van der Waals surface area contributed by atoms with Crippen LogP contribution in [0.5, 0.6) is 5.75 Å².